The number of fused-ring (bicyclic) bond motifs is 1. The van der Waals surface area contributed by atoms with Gasteiger partial charge in [0.2, 0.25) is 10.0 Å². The molecule has 5 rings (SSSR count). The van der Waals surface area contributed by atoms with Gasteiger partial charge in [-0.1, -0.05) is 0 Å². The Morgan fingerprint density at radius 3 is 2.52 bits per heavy atom. The summed E-state index contributed by atoms with van der Waals surface area (Å²) in [6.07, 6.45) is 3.60. The summed E-state index contributed by atoms with van der Waals surface area (Å²) in [6, 6.07) is 2.08. The van der Waals surface area contributed by atoms with E-state index in [1.54, 1.807) is 0 Å². The molecule has 2 aliphatic carbocycles. The van der Waals surface area contributed by atoms with E-state index >= 15 is 0 Å². The highest BCUT2D eigenvalue weighted by atomic mass is 32.2. The largest absolute Gasteiger partial charge is 0.331 e. The number of aryl methyl sites for hydroxylation is 2. The van der Waals surface area contributed by atoms with Crippen molar-refractivity contribution in [2.45, 2.75) is 64.3 Å². The number of nitrogens with zero attached hydrogens (tertiary/aromatic N) is 3. The molecule has 0 bridgehead atoms. The van der Waals surface area contributed by atoms with Gasteiger partial charge >= 0.3 is 0 Å². The standard InChI is InChI=1S/C20H24N4O3S2/c1-10-18(28-12(3)21-10)16-8-14-9-24(11(2)13-4-5-13)20(25)17(14)19(22-16)23-29(26,27)15-6-7-15/h8,11,13,15H,4-7,9H2,1-3H3,(H,22,23)/t11-/m1/s1. The van der Waals surface area contributed by atoms with Crippen LogP contribution in [0.25, 0.3) is 10.6 Å². The average molecular weight is 433 g/mol. The molecule has 9 heteroatoms. The van der Waals surface area contributed by atoms with Gasteiger partial charge in [0.15, 0.2) is 5.82 Å². The zero-order chi connectivity index (χ0) is 20.5. The van der Waals surface area contributed by atoms with Crippen LogP contribution in [0.2, 0.25) is 0 Å². The molecule has 3 aliphatic rings. The predicted octanol–water partition coefficient (Wildman–Crippen LogP) is 3.48. The molecule has 2 aromatic heterocycles. The molecule has 3 heterocycles. The topological polar surface area (TPSA) is 92.3 Å². The number of nitrogens with one attached hydrogen (secondary N) is 1. The van der Waals surface area contributed by atoms with Gasteiger partial charge in [0.1, 0.15) is 0 Å². The fraction of sp³-hybridized carbons (Fsp3) is 0.550. The Kier molecular flexibility index (Phi) is 4.26. The van der Waals surface area contributed by atoms with Crippen LogP contribution in [0.5, 0.6) is 0 Å². The lowest BCUT2D eigenvalue weighted by Gasteiger charge is -2.24. The molecule has 0 saturated heterocycles. The van der Waals surface area contributed by atoms with Gasteiger partial charge in [-0.3, -0.25) is 9.52 Å². The van der Waals surface area contributed by atoms with Crippen molar-refractivity contribution in [3.05, 3.63) is 27.9 Å². The monoisotopic (exact) mass is 432 g/mol. The van der Waals surface area contributed by atoms with Gasteiger partial charge in [-0.05, 0) is 64.0 Å². The van der Waals surface area contributed by atoms with Crippen molar-refractivity contribution >= 4 is 33.1 Å². The summed E-state index contributed by atoms with van der Waals surface area (Å²) in [7, 11) is -3.53. The van der Waals surface area contributed by atoms with E-state index in [-0.39, 0.29) is 23.0 Å². The highest BCUT2D eigenvalue weighted by Crippen LogP contribution is 2.41. The fourth-order valence-electron chi connectivity index (χ4n) is 4.08. The number of rotatable bonds is 6. The molecule has 0 spiro atoms. The number of hydrogen-bond acceptors (Lipinski definition) is 6. The minimum atomic E-state index is -3.53. The molecule has 154 valence electrons. The van der Waals surface area contributed by atoms with Crippen molar-refractivity contribution in [1.82, 2.24) is 14.9 Å². The molecule has 1 atom stereocenters. The third-order valence-corrected chi connectivity index (χ3v) is 8.97. The molecular weight excluding hydrogens is 408 g/mol. The van der Waals surface area contributed by atoms with Crippen LogP contribution in [0.4, 0.5) is 5.82 Å². The van der Waals surface area contributed by atoms with Crippen LogP contribution in [0.15, 0.2) is 6.07 Å². The van der Waals surface area contributed by atoms with E-state index in [0.717, 1.165) is 34.0 Å². The molecule has 0 unspecified atom stereocenters. The van der Waals surface area contributed by atoms with E-state index in [4.69, 9.17) is 0 Å². The Balaban J connectivity index is 1.60. The van der Waals surface area contributed by atoms with Crippen LogP contribution < -0.4 is 4.72 Å². The third-order valence-electron chi connectivity index (χ3n) is 6.05. The first-order valence-corrected chi connectivity index (χ1v) is 12.4. The Bertz CT molecular complexity index is 1120. The Hall–Kier alpha value is -2.00. The van der Waals surface area contributed by atoms with Crippen molar-refractivity contribution < 1.29 is 13.2 Å². The smallest absolute Gasteiger partial charge is 0.258 e. The normalized spacial score (nSPS) is 20.1. The van der Waals surface area contributed by atoms with E-state index in [0.29, 0.717) is 36.6 Å². The number of amides is 1. The summed E-state index contributed by atoms with van der Waals surface area (Å²) >= 11 is 1.53. The van der Waals surface area contributed by atoms with E-state index in [1.165, 1.54) is 11.3 Å². The third kappa shape index (κ3) is 3.34. The lowest BCUT2D eigenvalue weighted by atomic mass is 10.1. The molecular formula is C20H24N4O3S2. The van der Waals surface area contributed by atoms with Gasteiger partial charge in [0.25, 0.3) is 5.91 Å². The number of carbonyl (C=O) groups excluding carboxylic acids is 1. The molecule has 0 aromatic carbocycles. The van der Waals surface area contributed by atoms with Gasteiger partial charge in [-0.2, -0.15) is 0 Å². The first-order chi connectivity index (χ1) is 13.7. The Labute approximate surface area is 174 Å². The van der Waals surface area contributed by atoms with Gasteiger partial charge in [-0.25, -0.2) is 18.4 Å². The van der Waals surface area contributed by atoms with E-state index in [1.807, 2.05) is 24.8 Å². The predicted molar refractivity (Wildman–Crippen MR) is 112 cm³/mol. The zero-order valence-electron chi connectivity index (χ0n) is 16.7. The number of pyridine rings is 1. The molecule has 2 saturated carbocycles. The number of anilines is 1. The fourth-order valence-corrected chi connectivity index (χ4v) is 6.30. The summed E-state index contributed by atoms with van der Waals surface area (Å²) in [5, 5.41) is 0.550. The van der Waals surface area contributed by atoms with Crippen molar-refractivity contribution in [3.8, 4) is 10.6 Å². The molecule has 7 nitrogen and oxygen atoms in total. The second-order valence-electron chi connectivity index (χ2n) is 8.40. The maximum atomic E-state index is 13.2. The summed E-state index contributed by atoms with van der Waals surface area (Å²) in [4.78, 5) is 25.1. The lowest BCUT2D eigenvalue weighted by molar-refractivity contribution is 0.0698. The van der Waals surface area contributed by atoms with Crippen LogP contribution >= 0.6 is 11.3 Å². The minimum Gasteiger partial charge on any atom is -0.331 e. The minimum absolute atomic E-state index is 0.121. The summed E-state index contributed by atoms with van der Waals surface area (Å²) in [6.45, 7) is 6.44. The summed E-state index contributed by atoms with van der Waals surface area (Å²) in [5.74, 6) is 0.591. The maximum Gasteiger partial charge on any atom is 0.258 e. The first-order valence-electron chi connectivity index (χ1n) is 10.1. The van der Waals surface area contributed by atoms with Crippen molar-refractivity contribution in [1.29, 1.82) is 0 Å². The summed E-state index contributed by atoms with van der Waals surface area (Å²) in [5.41, 5.74) is 2.79. The molecule has 2 aromatic rings. The maximum absolute atomic E-state index is 13.2. The Morgan fingerprint density at radius 1 is 1.21 bits per heavy atom. The van der Waals surface area contributed by atoms with Crippen LogP contribution in [0.1, 0.15) is 59.2 Å². The first kappa shape index (κ1) is 19.0. The van der Waals surface area contributed by atoms with E-state index in [2.05, 4.69) is 21.6 Å². The SMILES string of the molecule is Cc1nc(C)c(-c2cc3c(c(NS(=O)(=O)C4CC4)n2)C(=O)N([C@H](C)C2CC2)C3)s1. The lowest BCUT2D eigenvalue weighted by Crippen LogP contribution is -2.35. The van der Waals surface area contributed by atoms with Gasteiger partial charge in [0.05, 0.1) is 32.1 Å². The van der Waals surface area contributed by atoms with Crippen LogP contribution in [-0.2, 0) is 16.6 Å². The van der Waals surface area contributed by atoms with Crippen LogP contribution in [0.3, 0.4) is 0 Å². The highest BCUT2D eigenvalue weighted by Gasteiger charge is 2.42. The molecule has 29 heavy (non-hydrogen) atoms. The highest BCUT2D eigenvalue weighted by molar-refractivity contribution is 7.93. The van der Waals surface area contributed by atoms with E-state index in [9.17, 15) is 13.2 Å². The van der Waals surface area contributed by atoms with Crippen molar-refractivity contribution in [2.24, 2.45) is 5.92 Å². The number of carbonyl (C=O) groups is 1. The van der Waals surface area contributed by atoms with Crippen molar-refractivity contribution in [2.75, 3.05) is 4.72 Å². The average Bonchev–Trinajstić information content (AvgIpc) is 3.55. The van der Waals surface area contributed by atoms with E-state index < -0.39 is 10.0 Å². The van der Waals surface area contributed by atoms with Crippen molar-refractivity contribution in [3.63, 3.8) is 0 Å². The molecule has 2 fully saturated rings. The number of sulfonamides is 1. The quantitative estimate of drug-likeness (QED) is 0.754. The van der Waals surface area contributed by atoms with Gasteiger partial charge in [-0.15, -0.1) is 11.3 Å². The molecule has 1 aliphatic heterocycles. The molecule has 0 radical (unpaired) electrons. The molecule has 1 amide bonds. The van der Waals surface area contributed by atoms with Crippen LogP contribution in [0, 0.1) is 19.8 Å². The zero-order valence-corrected chi connectivity index (χ0v) is 18.4. The van der Waals surface area contributed by atoms with Crippen LogP contribution in [-0.4, -0.2) is 40.5 Å². The number of aromatic nitrogens is 2. The summed E-state index contributed by atoms with van der Waals surface area (Å²) < 4.78 is 27.9. The van der Waals surface area contributed by atoms with Gasteiger partial charge in [0, 0.05) is 12.6 Å². The second kappa shape index (κ2) is 6.50. The Morgan fingerprint density at radius 2 is 1.93 bits per heavy atom. The number of hydrogen-bond donors (Lipinski definition) is 1. The van der Waals surface area contributed by atoms with Gasteiger partial charge < -0.3 is 4.90 Å². The number of thiazole rings is 1. The molecule has 1 N–H and O–H groups in total. The second-order valence-corrected chi connectivity index (χ2v) is 11.6.